The molecular formula is C49H30N4. The zero-order valence-corrected chi connectivity index (χ0v) is 28.6. The lowest BCUT2D eigenvalue weighted by Crippen LogP contribution is -2.02. The number of nitrogens with zero attached hydrogens (tertiary/aromatic N) is 4. The van der Waals surface area contributed by atoms with Gasteiger partial charge in [-0.2, -0.15) is 0 Å². The highest BCUT2D eigenvalue weighted by Gasteiger charge is 2.20. The van der Waals surface area contributed by atoms with Crippen LogP contribution in [-0.4, -0.2) is 19.5 Å². The molecule has 0 aliphatic heterocycles. The summed E-state index contributed by atoms with van der Waals surface area (Å²) >= 11 is 0. The summed E-state index contributed by atoms with van der Waals surface area (Å²) in [5.41, 5.74) is 6.36. The molecule has 0 amide bonds. The molecule has 0 spiro atoms. The van der Waals surface area contributed by atoms with Crippen LogP contribution in [0.1, 0.15) is 0 Å². The zero-order chi connectivity index (χ0) is 34.9. The molecule has 9 aromatic carbocycles. The van der Waals surface area contributed by atoms with Crippen LogP contribution < -0.4 is 0 Å². The molecule has 2 aromatic heterocycles. The van der Waals surface area contributed by atoms with Gasteiger partial charge in [-0.05, 0) is 62.6 Å². The van der Waals surface area contributed by atoms with E-state index in [9.17, 15) is 0 Å². The number of fused-ring (bicyclic) bond motifs is 8. The van der Waals surface area contributed by atoms with Crippen LogP contribution in [0.25, 0.3) is 105 Å². The maximum absolute atomic E-state index is 5.19. The van der Waals surface area contributed by atoms with Crippen molar-refractivity contribution in [3.05, 3.63) is 182 Å². The summed E-state index contributed by atoms with van der Waals surface area (Å²) in [6, 6.07) is 64.6. The van der Waals surface area contributed by atoms with Gasteiger partial charge in [-0.15, -0.1) is 0 Å². The van der Waals surface area contributed by atoms with E-state index in [0.717, 1.165) is 38.5 Å². The van der Waals surface area contributed by atoms with Crippen molar-refractivity contribution in [3.8, 4) is 39.9 Å². The van der Waals surface area contributed by atoms with E-state index in [1.807, 2.05) is 18.2 Å². The van der Waals surface area contributed by atoms with Gasteiger partial charge in [0, 0.05) is 38.2 Å². The fourth-order valence-corrected chi connectivity index (χ4v) is 8.06. The smallest absolute Gasteiger partial charge is 0.164 e. The quantitative estimate of drug-likeness (QED) is 0.187. The van der Waals surface area contributed by atoms with E-state index in [-0.39, 0.29) is 0 Å². The number of aromatic nitrogens is 4. The zero-order valence-electron chi connectivity index (χ0n) is 28.6. The van der Waals surface area contributed by atoms with Crippen LogP contribution >= 0.6 is 0 Å². The molecule has 4 nitrogen and oxygen atoms in total. The summed E-state index contributed by atoms with van der Waals surface area (Å²) < 4.78 is 2.47. The molecule has 0 aliphatic carbocycles. The second-order valence-electron chi connectivity index (χ2n) is 13.6. The molecule has 0 saturated heterocycles. The lowest BCUT2D eigenvalue weighted by Gasteiger charge is -2.16. The first-order valence-corrected chi connectivity index (χ1v) is 17.9. The summed E-state index contributed by atoms with van der Waals surface area (Å²) in [4.78, 5) is 15.4. The minimum atomic E-state index is 0.642. The fraction of sp³-hybridized carbons (Fsp3) is 0. The highest BCUT2D eigenvalue weighted by atomic mass is 15.0. The Morgan fingerprint density at radius 3 is 1.70 bits per heavy atom. The van der Waals surface area contributed by atoms with Crippen molar-refractivity contribution in [2.75, 3.05) is 0 Å². The first kappa shape index (κ1) is 29.5. The van der Waals surface area contributed by atoms with Crippen molar-refractivity contribution in [2.24, 2.45) is 0 Å². The van der Waals surface area contributed by atoms with E-state index in [1.54, 1.807) is 0 Å². The molecule has 4 heteroatoms. The summed E-state index contributed by atoms with van der Waals surface area (Å²) in [7, 11) is 0. The third-order valence-corrected chi connectivity index (χ3v) is 10.6. The van der Waals surface area contributed by atoms with Crippen molar-refractivity contribution in [2.45, 2.75) is 0 Å². The average molecular weight is 675 g/mol. The van der Waals surface area contributed by atoms with Crippen LogP contribution in [0.15, 0.2) is 182 Å². The molecule has 0 N–H and O–H groups in total. The maximum atomic E-state index is 5.19. The van der Waals surface area contributed by atoms with Gasteiger partial charge in [0.25, 0.3) is 0 Å². The van der Waals surface area contributed by atoms with Crippen LogP contribution in [0.3, 0.4) is 0 Å². The number of hydrogen-bond donors (Lipinski definition) is 0. The Hall–Kier alpha value is -7.17. The van der Waals surface area contributed by atoms with Gasteiger partial charge in [-0.25, -0.2) is 15.0 Å². The van der Waals surface area contributed by atoms with E-state index < -0.39 is 0 Å². The Bertz CT molecular complexity index is 3230. The monoisotopic (exact) mass is 674 g/mol. The first-order valence-electron chi connectivity index (χ1n) is 17.9. The predicted molar refractivity (Wildman–Crippen MR) is 220 cm³/mol. The molecular weight excluding hydrogens is 645 g/mol. The third-order valence-electron chi connectivity index (χ3n) is 10.6. The summed E-state index contributed by atoms with van der Waals surface area (Å²) in [5, 5.41) is 11.9. The molecule has 0 bridgehead atoms. The van der Waals surface area contributed by atoms with Crippen LogP contribution in [0.4, 0.5) is 0 Å². The molecule has 11 rings (SSSR count). The summed E-state index contributed by atoms with van der Waals surface area (Å²) in [5.74, 6) is 1.93. The summed E-state index contributed by atoms with van der Waals surface area (Å²) in [6.45, 7) is 0. The number of rotatable bonds is 4. The van der Waals surface area contributed by atoms with Gasteiger partial charge >= 0.3 is 0 Å². The summed E-state index contributed by atoms with van der Waals surface area (Å²) in [6.07, 6.45) is 0. The van der Waals surface area contributed by atoms with Gasteiger partial charge in [0.1, 0.15) is 0 Å². The Morgan fingerprint density at radius 2 is 0.906 bits per heavy atom. The Balaban J connectivity index is 1.19. The fourth-order valence-electron chi connectivity index (χ4n) is 8.06. The van der Waals surface area contributed by atoms with Crippen molar-refractivity contribution in [1.82, 2.24) is 19.5 Å². The largest absolute Gasteiger partial charge is 0.308 e. The Labute approximate surface area is 305 Å². The van der Waals surface area contributed by atoms with Gasteiger partial charge in [0.05, 0.1) is 16.7 Å². The molecule has 0 unspecified atom stereocenters. The number of hydrogen-bond acceptors (Lipinski definition) is 3. The molecule has 0 aliphatic rings. The molecule has 0 radical (unpaired) electrons. The van der Waals surface area contributed by atoms with Gasteiger partial charge < -0.3 is 4.57 Å². The van der Waals surface area contributed by atoms with Gasteiger partial charge in [0.2, 0.25) is 0 Å². The Morgan fingerprint density at radius 1 is 0.321 bits per heavy atom. The SMILES string of the molecule is c1ccc(-c2nc(-c3ccc4ccccc4c3)nc(-c3ccc(-n4c5cc6ccccc6cc5c5ccc6ccccc6c54)c4ccccc34)n2)cc1. The molecule has 0 fully saturated rings. The molecule has 53 heavy (non-hydrogen) atoms. The second-order valence-corrected chi connectivity index (χ2v) is 13.6. The molecule has 11 aromatic rings. The van der Waals surface area contributed by atoms with Gasteiger partial charge in [0.15, 0.2) is 17.5 Å². The normalized spacial score (nSPS) is 11.8. The molecule has 246 valence electrons. The predicted octanol–water partition coefficient (Wildman–Crippen LogP) is 12.6. The van der Waals surface area contributed by atoms with Crippen molar-refractivity contribution in [3.63, 3.8) is 0 Å². The van der Waals surface area contributed by atoms with E-state index >= 15 is 0 Å². The van der Waals surface area contributed by atoms with E-state index in [2.05, 4.69) is 168 Å². The Kier molecular flexibility index (Phi) is 6.52. The van der Waals surface area contributed by atoms with E-state index in [1.165, 1.54) is 48.7 Å². The first-order chi connectivity index (χ1) is 26.3. The van der Waals surface area contributed by atoms with Crippen molar-refractivity contribution >= 4 is 64.9 Å². The van der Waals surface area contributed by atoms with E-state index in [0.29, 0.717) is 17.5 Å². The van der Waals surface area contributed by atoms with Gasteiger partial charge in [-0.3, -0.25) is 0 Å². The van der Waals surface area contributed by atoms with Crippen LogP contribution in [0.5, 0.6) is 0 Å². The minimum Gasteiger partial charge on any atom is -0.308 e. The third kappa shape index (κ3) is 4.73. The highest BCUT2D eigenvalue weighted by Crippen LogP contribution is 2.41. The van der Waals surface area contributed by atoms with Crippen LogP contribution in [0, 0.1) is 0 Å². The molecule has 2 heterocycles. The topological polar surface area (TPSA) is 43.6 Å². The maximum Gasteiger partial charge on any atom is 0.164 e. The van der Waals surface area contributed by atoms with E-state index in [4.69, 9.17) is 15.0 Å². The van der Waals surface area contributed by atoms with Crippen molar-refractivity contribution in [1.29, 1.82) is 0 Å². The van der Waals surface area contributed by atoms with Gasteiger partial charge in [-0.1, -0.05) is 152 Å². The standard InChI is InChI=1S/C49H30N4/c1-2-14-33(15-3-1)47-50-48(37-23-22-31-12-4-5-16-34(31)28-37)52-49(51-47)42-26-27-44(40-21-11-10-20-39(40)42)53-45-30-36-18-7-6-17-35(36)29-43(45)41-25-24-32-13-8-9-19-38(32)46(41)53/h1-30H. The number of benzene rings is 9. The molecule has 0 saturated carbocycles. The lowest BCUT2D eigenvalue weighted by atomic mass is 10.0. The van der Waals surface area contributed by atoms with Crippen LogP contribution in [-0.2, 0) is 0 Å². The minimum absolute atomic E-state index is 0.642. The molecule has 0 atom stereocenters. The van der Waals surface area contributed by atoms with Crippen LogP contribution in [0.2, 0.25) is 0 Å². The lowest BCUT2D eigenvalue weighted by molar-refractivity contribution is 1.08. The van der Waals surface area contributed by atoms with Crippen molar-refractivity contribution < 1.29 is 0 Å². The highest BCUT2D eigenvalue weighted by molar-refractivity contribution is 6.21. The average Bonchev–Trinajstić information content (AvgIpc) is 3.55. The second kappa shape index (κ2) is 11.7.